The lowest BCUT2D eigenvalue weighted by atomic mass is 10.2. The van der Waals surface area contributed by atoms with Crippen LogP contribution in [0.1, 0.15) is 23.7 Å². The van der Waals surface area contributed by atoms with Crippen LogP contribution in [0.2, 0.25) is 0 Å². The number of carbonyl (C=O) groups excluding carboxylic acids is 2. The predicted molar refractivity (Wildman–Crippen MR) is 66.4 cm³/mol. The maximum Gasteiger partial charge on any atom is 0.253 e. The van der Waals surface area contributed by atoms with Crippen LogP contribution in [0.25, 0.3) is 0 Å². The molecule has 0 fully saturated rings. The standard InChI is InChI=1S/C12H17N3O3/c1-3-6-13-10(16)8-15-12(17)9-4-5-11(18-2)14-7-9/h4-5,7H,3,6,8H2,1-2H3,(H,13,16)(H,15,17). The number of methoxy groups -OCH3 is 1. The van der Waals surface area contributed by atoms with Crippen LogP contribution in [0, 0.1) is 0 Å². The van der Waals surface area contributed by atoms with Crippen LogP contribution in [0.15, 0.2) is 18.3 Å². The minimum Gasteiger partial charge on any atom is -0.481 e. The molecule has 0 atom stereocenters. The lowest BCUT2D eigenvalue weighted by molar-refractivity contribution is -0.120. The number of ether oxygens (including phenoxy) is 1. The Hall–Kier alpha value is -2.11. The summed E-state index contributed by atoms with van der Waals surface area (Å²) in [7, 11) is 1.50. The van der Waals surface area contributed by atoms with Crippen molar-refractivity contribution in [2.75, 3.05) is 20.2 Å². The minimum absolute atomic E-state index is 0.0368. The highest BCUT2D eigenvalue weighted by Gasteiger charge is 2.08. The monoisotopic (exact) mass is 251 g/mol. The van der Waals surface area contributed by atoms with Gasteiger partial charge >= 0.3 is 0 Å². The van der Waals surface area contributed by atoms with Gasteiger partial charge in [0.1, 0.15) is 0 Å². The molecule has 1 rings (SSSR count). The van der Waals surface area contributed by atoms with Gasteiger partial charge in [0.05, 0.1) is 19.2 Å². The molecule has 0 saturated heterocycles. The zero-order chi connectivity index (χ0) is 13.4. The summed E-state index contributed by atoms with van der Waals surface area (Å²) in [5, 5.41) is 5.18. The molecule has 0 aliphatic carbocycles. The van der Waals surface area contributed by atoms with Gasteiger partial charge in [0.2, 0.25) is 11.8 Å². The van der Waals surface area contributed by atoms with E-state index >= 15 is 0 Å². The zero-order valence-electron chi connectivity index (χ0n) is 10.5. The molecule has 18 heavy (non-hydrogen) atoms. The van der Waals surface area contributed by atoms with E-state index in [9.17, 15) is 9.59 Å². The first kappa shape index (κ1) is 14.0. The van der Waals surface area contributed by atoms with Gasteiger partial charge in [-0.05, 0) is 12.5 Å². The lowest BCUT2D eigenvalue weighted by Gasteiger charge is -2.06. The van der Waals surface area contributed by atoms with E-state index in [0.717, 1.165) is 6.42 Å². The predicted octanol–water partition coefficient (Wildman–Crippen LogP) is 0.346. The van der Waals surface area contributed by atoms with Crippen LogP contribution < -0.4 is 15.4 Å². The third-order valence-corrected chi connectivity index (χ3v) is 2.19. The highest BCUT2D eigenvalue weighted by atomic mass is 16.5. The molecule has 0 aromatic carbocycles. The van der Waals surface area contributed by atoms with Crippen molar-refractivity contribution in [3.8, 4) is 5.88 Å². The highest BCUT2D eigenvalue weighted by Crippen LogP contribution is 2.06. The number of rotatable bonds is 6. The quantitative estimate of drug-likeness (QED) is 0.764. The highest BCUT2D eigenvalue weighted by molar-refractivity contribution is 5.96. The van der Waals surface area contributed by atoms with Crippen molar-refractivity contribution >= 4 is 11.8 Å². The van der Waals surface area contributed by atoms with Crippen molar-refractivity contribution in [1.29, 1.82) is 0 Å². The smallest absolute Gasteiger partial charge is 0.253 e. The Balaban J connectivity index is 2.42. The summed E-state index contributed by atoms with van der Waals surface area (Å²) in [6.07, 6.45) is 2.26. The Morgan fingerprint density at radius 3 is 2.67 bits per heavy atom. The molecular weight excluding hydrogens is 234 g/mol. The van der Waals surface area contributed by atoms with Crippen LogP contribution >= 0.6 is 0 Å². The van der Waals surface area contributed by atoms with Gasteiger partial charge < -0.3 is 15.4 Å². The molecule has 6 nitrogen and oxygen atoms in total. The molecule has 1 aromatic heterocycles. The number of pyridine rings is 1. The molecule has 1 heterocycles. The van der Waals surface area contributed by atoms with Crippen molar-refractivity contribution in [3.05, 3.63) is 23.9 Å². The van der Waals surface area contributed by atoms with Crippen molar-refractivity contribution in [1.82, 2.24) is 15.6 Å². The molecule has 0 bridgehead atoms. The topological polar surface area (TPSA) is 80.3 Å². The number of nitrogens with zero attached hydrogens (tertiary/aromatic N) is 1. The molecular formula is C12H17N3O3. The Morgan fingerprint density at radius 2 is 2.11 bits per heavy atom. The number of hydrogen-bond acceptors (Lipinski definition) is 4. The van der Waals surface area contributed by atoms with E-state index in [4.69, 9.17) is 4.74 Å². The molecule has 0 aliphatic heterocycles. The maximum absolute atomic E-state index is 11.7. The summed E-state index contributed by atoms with van der Waals surface area (Å²) in [6, 6.07) is 3.18. The molecule has 1 aromatic rings. The molecule has 0 unspecified atom stereocenters. The summed E-state index contributed by atoms with van der Waals surface area (Å²) >= 11 is 0. The van der Waals surface area contributed by atoms with Crippen LogP contribution in [0.4, 0.5) is 0 Å². The van der Waals surface area contributed by atoms with Crippen LogP contribution in [0.3, 0.4) is 0 Å². The number of carbonyl (C=O) groups is 2. The lowest BCUT2D eigenvalue weighted by Crippen LogP contribution is -2.37. The maximum atomic E-state index is 11.7. The third kappa shape index (κ3) is 4.40. The van der Waals surface area contributed by atoms with Gasteiger partial charge in [-0.15, -0.1) is 0 Å². The van der Waals surface area contributed by atoms with E-state index in [1.54, 1.807) is 12.1 Å². The number of amides is 2. The number of hydrogen-bond donors (Lipinski definition) is 2. The fraction of sp³-hybridized carbons (Fsp3) is 0.417. The number of aromatic nitrogens is 1. The van der Waals surface area contributed by atoms with Crippen LogP contribution in [-0.4, -0.2) is 37.0 Å². The van der Waals surface area contributed by atoms with E-state index in [2.05, 4.69) is 15.6 Å². The molecule has 0 saturated carbocycles. The second-order valence-electron chi connectivity index (χ2n) is 3.62. The average Bonchev–Trinajstić information content (AvgIpc) is 2.42. The van der Waals surface area contributed by atoms with Crippen molar-refractivity contribution in [2.45, 2.75) is 13.3 Å². The van der Waals surface area contributed by atoms with Crippen molar-refractivity contribution < 1.29 is 14.3 Å². The van der Waals surface area contributed by atoms with E-state index in [1.807, 2.05) is 6.92 Å². The molecule has 6 heteroatoms. The Morgan fingerprint density at radius 1 is 1.33 bits per heavy atom. The number of nitrogens with one attached hydrogen (secondary N) is 2. The average molecular weight is 251 g/mol. The minimum atomic E-state index is -0.336. The SMILES string of the molecule is CCCNC(=O)CNC(=O)c1ccc(OC)nc1. The van der Waals surface area contributed by atoms with Gasteiger partial charge in [-0.1, -0.05) is 6.92 Å². The zero-order valence-corrected chi connectivity index (χ0v) is 10.5. The Kier molecular flexibility index (Phi) is 5.63. The van der Waals surface area contributed by atoms with Gasteiger partial charge in [-0.3, -0.25) is 9.59 Å². The third-order valence-electron chi connectivity index (χ3n) is 2.19. The van der Waals surface area contributed by atoms with Crippen LogP contribution in [-0.2, 0) is 4.79 Å². The molecule has 0 aliphatic rings. The Bertz CT molecular complexity index is 404. The fourth-order valence-corrected chi connectivity index (χ4v) is 1.22. The molecule has 98 valence electrons. The molecule has 2 amide bonds. The first-order chi connectivity index (χ1) is 8.67. The first-order valence-corrected chi connectivity index (χ1v) is 5.72. The van der Waals surface area contributed by atoms with Gasteiger partial charge in [0.25, 0.3) is 5.91 Å². The van der Waals surface area contributed by atoms with E-state index in [-0.39, 0.29) is 18.4 Å². The summed E-state index contributed by atoms with van der Waals surface area (Å²) in [6.45, 7) is 2.53. The molecule has 0 spiro atoms. The van der Waals surface area contributed by atoms with Crippen molar-refractivity contribution in [3.63, 3.8) is 0 Å². The molecule has 0 radical (unpaired) electrons. The summed E-state index contributed by atoms with van der Waals surface area (Å²) < 4.78 is 4.88. The van der Waals surface area contributed by atoms with Gasteiger partial charge in [0.15, 0.2) is 0 Å². The van der Waals surface area contributed by atoms with Gasteiger partial charge in [-0.25, -0.2) is 4.98 Å². The second-order valence-corrected chi connectivity index (χ2v) is 3.62. The van der Waals surface area contributed by atoms with Gasteiger partial charge in [0, 0.05) is 18.8 Å². The van der Waals surface area contributed by atoms with E-state index in [0.29, 0.717) is 18.0 Å². The summed E-state index contributed by atoms with van der Waals surface area (Å²) in [4.78, 5) is 26.8. The van der Waals surface area contributed by atoms with E-state index in [1.165, 1.54) is 13.3 Å². The summed E-state index contributed by atoms with van der Waals surface area (Å²) in [5.41, 5.74) is 0.388. The Labute approximate surface area is 106 Å². The van der Waals surface area contributed by atoms with E-state index < -0.39 is 0 Å². The van der Waals surface area contributed by atoms with Gasteiger partial charge in [-0.2, -0.15) is 0 Å². The summed E-state index contributed by atoms with van der Waals surface area (Å²) in [5.74, 6) is -0.101. The molecule has 2 N–H and O–H groups in total. The fourth-order valence-electron chi connectivity index (χ4n) is 1.22. The first-order valence-electron chi connectivity index (χ1n) is 5.72. The normalized spacial score (nSPS) is 9.67. The van der Waals surface area contributed by atoms with Crippen molar-refractivity contribution in [2.24, 2.45) is 0 Å². The largest absolute Gasteiger partial charge is 0.481 e. The van der Waals surface area contributed by atoms with Crippen LogP contribution in [0.5, 0.6) is 5.88 Å². The second kappa shape index (κ2) is 7.26.